The Balaban J connectivity index is 2.37. The third-order valence-corrected chi connectivity index (χ3v) is 5.31. The molecule has 114 valence electrons. The van der Waals surface area contributed by atoms with Gasteiger partial charge >= 0.3 is 6.18 Å². The fourth-order valence-corrected chi connectivity index (χ4v) is 3.38. The van der Waals surface area contributed by atoms with Gasteiger partial charge in [-0.25, -0.2) is 12.7 Å². The maximum absolute atomic E-state index is 12.1. The molecular formula is C11H21F3N2O2S. The Morgan fingerprint density at radius 1 is 1.26 bits per heavy atom. The van der Waals surface area contributed by atoms with Crippen LogP contribution in [0.1, 0.15) is 25.7 Å². The maximum atomic E-state index is 12.1. The lowest BCUT2D eigenvalue weighted by molar-refractivity contribution is -0.135. The number of hydrogen-bond acceptors (Lipinski definition) is 3. The van der Waals surface area contributed by atoms with Crippen molar-refractivity contribution in [3.63, 3.8) is 0 Å². The molecule has 0 radical (unpaired) electrons. The van der Waals surface area contributed by atoms with Gasteiger partial charge in [0.25, 0.3) is 0 Å². The second-order valence-electron chi connectivity index (χ2n) is 4.98. The van der Waals surface area contributed by atoms with Crippen molar-refractivity contribution < 1.29 is 21.6 Å². The Kier molecular flexibility index (Phi) is 6.07. The van der Waals surface area contributed by atoms with E-state index >= 15 is 0 Å². The van der Waals surface area contributed by atoms with Gasteiger partial charge in [0.15, 0.2) is 0 Å². The summed E-state index contributed by atoms with van der Waals surface area (Å²) in [5.74, 6) is 0.290. The summed E-state index contributed by atoms with van der Waals surface area (Å²) in [6.07, 6.45) is -3.03. The predicted octanol–water partition coefficient (Wildman–Crippen LogP) is 1.59. The number of halogens is 3. The molecule has 1 fully saturated rings. The normalized spacial score (nSPS) is 19.0. The second kappa shape index (κ2) is 6.90. The van der Waals surface area contributed by atoms with E-state index in [-0.39, 0.29) is 5.75 Å². The zero-order valence-electron chi connectivity index (χ0n) is 11.0. The molecule has 1 heterocycles. The van der Waals surface area contributed by atoms with Crippen LogP contribution in [0.4, 0.5) is 13.2 Å². The van der Waals surface area contributed by atoms with Crippen molar-refractivity contribution >= 4 is 10.0 Å². The van der Waals surface area contributed by atoms with E-state index in [1.807, 2.05) is 0 Å². The summed E-state index contributed by atoms with van der Waals surface area (Å²) in [5.41, 5.74) is 0. The molecule has 1 N–H and O–H groups in total. The standard InChI is InChI=1S/C11H21F3N2O2S/c1-16(8-5-11(12,13)14)19(17,18)9-4-10-2-6-15-7-3-10/h10,15H,2-9H2,1H3. The van der Waals surface area contributed by atoms with E-state index in [0.29, 0.717) is 12.3 Å². The third kappa shape index (κ3) is 6.58. The van der Waals surface area contributed by atoms with Crippen LogP contribution in [0.3, 0.4) is 0 Å². The number of nitrogens with one attached hydrogen (secondary N) is 1. The van der Waals surface area contributed by atoms with Crippen molar-refractivity contribution in [1.29, 1.82) is 0 Å². The minimum Gasteiger partial charge on any atom is -0.317 e. The predicted molar refractivity (Wildman–Crippen MR) is 67.3 cm³/mol. The Hall–Kier alpha value is -0.340. The van der Waals surface area contributed by atoms with Crippen molar-refractivity contribution in [2.45, 2.75) is 31.9 Å². The molecule has 1 aliphatic heterocycles. The minimum absolute atomic E-state index is 0.0635. The monoisotopic (exact) mass is 302 g/mol. The molecule has 0 bridgehead atoms. The summed E-state index contributed by atoms with van der Waals surface area (Å²) in [6.45, 7) is 1.27. The van der Waals surface area contributed by atoms with E-state index < -0.39 is 29.2 Å². The number of sulfonamides is 1. The Labute approximate surface area is 112 Å². The van der Waals surface area contributed by atoms with Gasteiger partial charge in [0.05, 0.1) is 12.2 Å². The summed E-state index contributed by atoms with van der Waals surface area (Å²) in [4.78, 5) is 0. The zero-order valence-corrected chi connectivity index (χ0v) is 11.9. The Morgan fingerprint density at radius 2 is 1.84 bits per heavy atom. The van der Waals surface area contributed by atoms with E-state index in [1.165, 1.54) is 7.05 Å². The lowest BCUT2D eigenvalue weighted by atomic mass is 9.96. The first kappa shape index (κ1) is 16.7. The van der Waals surface area contributed by atoms with Gasteiger partial charge in [-0.15, -0.1) is 0 Å². The average molecular weight is 302 g/mol. The van der Waals surface area contributed by atoms with Crippen LogP contribution < -0.4 is 5.32 Å². The van der Waals surface area contributed by atoms with Gasteiger partial charge in [0.2, 0.25) is 10.0 Å². The van der Waals surface area contributed by atoms with Gasteiger partial charge in [0.1, 0.15) is 0 Å². The number of hydrogen-bond donors (Lipinski definition) is 1. The van der Waals surface area contributed by atoms with E-state index in [0.717, 1.165) is 30.2 Å². The lowest BCUT2D eigenvalue weighted by Gasteiger charge is -2.24. The summed E-state index contributed by atoms with van der Waals surface area (Å²) < 4.78 is 60.6. The smallest absolute Gasteiger partial charge is 0.317 e. The van der Waals surface area contributed by atoms with Gasteiger partial charge in [-0.3, -0.25) is 0 Å². The van der Waals surface area contributed by atoms with Gasteiger partial charge in [-0.05, 0) is 38.3 Å². The van der Waals surface area contributed by atoms with Crippen LogP contribution in [0.5, 0.6) is 0 Å². The molecule has 0 amide bonds. The SMILES string of the molecule is CN(CCC(F)(F)F)S(=O)(=O)CCC1CCNCC1. The molecule has 1 rings (SSSR count). The summed E-state index contributed by atoms with van der Waals surface area (Å²) in [6, 6.07) is 0. The van der Waals surface area contributed by atoms with Gasteiger partial charge < -0.3 is 5.32 Å². The van der Waals surface area contributed by atoms with Gasteiger partial charge in [-0.1, -0.05) is 0 Å². The molecule has 0 unspecified atom stereocenters. The van der Waals surface area contributed by atoms with Crippen LogP contribution in [0.25, 0.3) is 0 Å². The van der Waals surface area contributed by atoms with Crippen LogP contribution in [0.15, 0.2) is 0 Å². The van der Waals surface area contributed by atoms with Crippen molar-refractivity contribution in [3.05, 3.63) is 0 Å². The van der Waals surface area contributed by atoms with Crippen molar-refractivity contribution in [3.8, 4) is 0 Å². The molecule has 19 heavy (non-hydrogen) atoms. The highest BCUT2D eigenvalue weighted by atomic mass is 32.2. The molecule has 4 nitrogen and oxygen atoms in total. The number of alkyl halides is 3. The highest BCUT2D eigenvalue weighted by molar-refractivity contribution is 7.89. The van der Waals surface area contributed by atoms with Crippen molar-refractivity contribution in [2.24, 2.45) is 5.92 Å². The number of rotatable bonds is 6. The molecule has 0 aromatic carbocycles. The van der Waals surface area contributed by atoms with Crippen molar-refractivity contribution in [1.82, 2.24) is 9.62 Å². The summed E-state index contributed by atoms with van der Waals surface area (Å²) in [7, 11) is -2.36. The number of nitrogens with zero attached hydrogens (tertiary/aromatic N) is 1. The Bertz CT molecular complexity index is 365. The van der Waals surface area contributed by atoms with Crippen LogP contribution in [-0.4, -0.2) is 51.3 Å². The quantitative estimate of drug-likeness (QED) is 0.810. The topological polar surface area (TPSA) is 49.4 Å². The largest absolute Gasteiger partial charge is 0.390 e. The average Bonchev–Trinajstić information content (AvgIpc) is 2.34. The molecule has 0 aromatic rings. The van der Waals surface area contributed by atoms with Crippen LogP contribution >= 0.6 is 0 Å². The van der Waals surface area contributed by atoms with Crippen LogP contribution in [0.2, 0.25) is 0 Å². The maximum Gasteiger partial charge on any atom is 0.390 e. The first-order valence-corrected chi connectivity index (χ1v) is 8.03. The highest BCUT2D eigenvalue weighted by Crippen LogP contribution is 2.21. The molecule has 0 aliphatic carbocycles. The molecule has 1 aliphatic rings. The fourth-order valence-electron chi connectivity index (χ4n) is 2.07. The van der Waals surface area contributed by atoms with Gasteiger partial charge in [0, 0.05) is 13.6 Å². The first-order chi connectivity index (χ1) is 8.71. The molecule has 0 saturated carbocycles. The van der Waals surface area contributed by atoms with E-state index in [1.54, 1.807) is 0 Å². The highest BCUT2D eigenvalue weighted by Gasteiger charge is 2.30. The molecule has 0 aromatic heterocycles. The molecule has 0 spiro atoms. The fraction of sp³-hybridized carbons (Fsp3) is 1.00. The summed E-state index contributed by atoms with van der Waals surface area (Å²) >= 11 is 0. The van der Waals surface area contributed by atoms with E-state index in [9.17, 15) is 21.6 Å². The van der Waals surface area contributed by atoms with Crippen molar-refractivity contribution in [2.75, 3.05) is 32.4 Å². The minimum atomic E-state index is -4.32. The molecule has 8 heteroatoms. The third-order valence-electron chi connectivity index (χ3n) is 3.43. The molecular weight excluding hydrogens is 281 g/mol. The van der Waals surface area contributed by atoms with E-state index in [2.05, 4.69) is 5.32 Å². The molecule has 1 saturated heterocycles. The zero-order chi connectivity index (χ0) is 14.5. The lowest BCUT2D eigenvalue weighted by Crippen LogP contribution is -2.34. The Morgan fingerprint density at radius 3 is 2.37 bits per heavy atom. The summed E-state index contributed by atoms with van der Waals surface area (Å²) in [5, 5.41) is 3.19. The van der Waals surface area contributed by atoms with E-state index in [4.69, 9.17) is 0 Å². The number of piperidine rings is 1. The first-order valence-electron chi connectivity index (χ1n) is 6.42. The van der Waals surface area contributed by atoms with Crippen LogP contribution in [0, 0.1) is 5.92 Å². The second-order valence-corrected chi connectivity index (χ2v) is 7.18. The van der Waals surface area contributed by atoms with Crippen LogP contribution in [-0.2, 0) is 10.0 Å². The molecule has 0 atom stereocenters. The van der Waals surface area contributed by atoms with Gasteiger partial charge in [-0.2, -0.15) is 13.2 Å².